The Morgan fingerprint density at radius 2 is 1.67 bits per heavy atom. The molecule has 110 valence electrons. The van der Waals surface area contributed by atoms with Gasteiger partial charge in [-0.05, 0) is 31.3 Å². The fourth-order valence-electron chi connectivity index (χ4n) is 2.63. The molecule has 5 heteroatoms. The first-order valence-corrected chi connectivity index (χ1v) is 7.38. The standard InChI is InChI=1S/C16H21N5/c1-17-13-14-5-4-7-16(19-14)21-11-9-20(10-12-21)15-6-2-3-8-18-15/h2-8,17H,9-13H2,1H3. The number of nitrogens with one attached hydrogen (secondary N) is 1. The van der Waals surface area contributed by atoms with Gasteiger partial charge in [-0.1, -0.05) is 12.1 Å². The molecule has 1 aliphatic heterocycles. The highest BCUT2D eigenvalue weighted by Gasteiger charge is 2.18. The Kier molecular flexibility index (Phi) is 4.31. The van der Waals surface area contributed by atoms with Crippen LogP contribution in [-0.4, -0.2) is 43.2 Å². The number of hydrogen-bond donors (Lipinski definition) is 1. The van der Waals surface area contributed by atoms with E-state index in [0.29, 0.717) is 0 Å². The van der Waals surface area contributed by atoms with Crippen molar-refractivity contribution in [2.75, 3.05) is 43.0 Å². The summed E-state index contributed by atoms with van der Waals surface area (Å²) in [6.07, 6.45) is 1.85. The Bertz CT molecular complexity index is 564. The Morgan fingerprint density at radius 1 is 0.952 bits per heavy atom. The number of rotatable bonds is 4. The summed E-state index contributed by atoms with van der Waals surface area (Å²) in [6.45, 7) is 4.73. The zero-order valence-electron chi connectivity index (χ0n) is 12.4. The molecule has 0 bridgehead atoms. The van der Waals surface area contributed by atoms with Gasteiger partial charge in [0.05, 0.1) is 5.69 Å². The number of pyridine rings is 2. The van der Waals surface area contributed by atoms with Crippen molar-refractivity contribution >= 4 is 11.6 Å². The SMILES string of the molecule is CNCc1cccc(N2CCN(c3ccccn3)CC2)n1. The van der Waals surface area contributed by atoms with E-state index >= 15 is 0 Å². The average Bonchev–Trinajstić information content (AvgIpc) is 2.56. The molecule has 0 spiro atoms. The lowest BCUT2D eigenvalue weighted by Gasteiger charge is -2.36. The van der Waals surface area contributed by atoms with Gasteiger partial charge in [-0.3, -0.25) is 0 Å². The summed E-state index contributed by atoms with van der Waals surface area (Å²) in [4.78, 5) is 13.8. The third-order valence-corrected chi connectivity index (χ3v) is 3.73. The molecule has 0 aliphatic carbocycles. The summed E-state index contributed by atoms with van der Waals surface area (Å²) >= 11 is 0. The lowest BCUT2D eigenvalue weighted by atomic mass is 10.2. The molecule has 0 unspecified atom stereocenters. The molecule has 0 radical (unpaired) electrons. The highest BCUT2D eigenvalue weighted by atomic mass is 15.3. The fourth-order valence-corrected chi connectivity index (χ4v) is 2.63. The van der Waals surface area contributed by atoms with E-state index in [1.165, 1.54) is 0 Å². The maximum absolute atomic E-state index is 4.71. The van der Waals surface area contributed by atoms with Crippen LogP contribution in [0.3, 0.4) is 0 Å². The second-order valence-corrected chi connectivity index (χ2v) is 5.18. The van der Waals surface area contributed by atoms with Gasteiger partial charge >= 0.3 is 0 Å². The van der Waals surface area contributed by atoms with Gasteiger partial charge in [0, 0.05) is 38.9 Å². The van der Waals surface area contributed by atoms with Crippen LogP contribution in [0, 0.1) is 0 Å². The number of aromatic nitrogens is 2. The van der Waals surface area contributed by atoms with Gasteiger partial charge in [0.2, 0.25) is 0 Å². The van der Waals surface area contributed by atoms with Gasteiger partial charge in [-0.25, -0.2) is 9.97 Å². The zero-order valence-corrected chi connectivity index (χ0v) is 12.4. The molecule has 1 saturated heterocycles. The fraction of sp³-hybridized carbons (Fsp3) is 0.375. The molecule has 0 saturated carbocycles. The summed E-state index contributed by atoms with van der Waals surface area (Å²) in [7, 11) is 1.94. The number of anilines is 2. The second-order valence-electron chi connectivity index (χ2n) is 5.18. The van der Waals surface area contributed by atoms with Crippen LogP contribution in [0.5, 0.6) is 0 Å². The van der Waals surface area contributed by atoms with Crippen molar-refractivity contribution in [2.24, 2.45) is 0 Å². The predicted molar refractivity (Wildman–Crippen MR) is 85.7 cm³/mol. The number of nitrogens with zero attached hydrogens (tertiary/aromatic N) is 4. The molecule has 0 atom stereocenters. The summed E-state index contributed by atoms with van der Waals surface area (Å²) < 4.78 is 0. The molecule has 1 fully saturated rings. The van der Waals surface area contributed by atoms with Crippen LogP contribution in [0.4, 0.5) is 11.6 Å². The lowest BCUT2D eigenvalue weighted by Crippen LogP contribution is -2.47. The quantitative estimate of drug-likeness (QED) is 0.922. The number of hydrogen-bond acceptors (Lipinski definition) is 5. The third kappa shape index (κ3) is 3.31. The van der Waals surface area contributed by atoms with Crippen molar-refractivity contribution in [3.8, 4) is 0 Å². The summed E-state index contributed by atoms with van der Waals surface area (Å²) in [6, 6.07) is 12.3. The minimum atomic E-state index is 0.807. The van der Waals surface area contributed by atoms with Gasteiger partial charge in [0.25, 0.3) is 0 Å². The Balaban J connectivity index is 1.64. The monoisotopic (exact) mass is 283 g/mol. The highest BCUT2D eigenvalue weighted by molar-refractivity contribution is 5.45. The summed E-state index contributed by atoms with van der Waals surface area (Å²) in [5.74, 6) is 2.14. The second kappa shape index (κ2) is 6.54. The number of piperazine rings is 1. The molecule has 21 heavy (non-hydrogen) atoms. The van der Waals surface area contributed by atoms with E-state index in [1.807, 2.05) is 25.4 Å². The largest absolute Gasteiger partial charge is 0.353 e. The molecular weight excluding hydrogens is 262 g/mol. The first kappa shape index (κ1) is 13.8. The van der Waals surface area contributed by atoms with Crippen LogP contribution in [0.15, 0.2) is 42.6 Å². The van der Waals surface area contributed by atoms with E-state index in [9.17, 15) is 0 Å². The molecule has 1 aliphatic rings. The van der Waals surface area contributed by atoms with Crippen molar-refractivity contribution in [3.63, 3.8) is 0 Å². The van der Waals surface area contributed by atoms with Gasteiger partial charge in [-0.15, -0.1) is 0 Å². The van der Waals surface area contributed by atoms with Crippen LogP contribution in [-0.2, 0) is 6.54 Å². The molecule has 5 nitrogen and oxygen atoms in total. The van der Waals surface area contributed by atoms with Crippen molar-refractivity contribution in [3.05, 3.63) is 48.3 Å². The Hall–Kier alpha value is -2.14. The van der Waals surface area contributed by atoms with Crippen molar-refractivity contribution in [1.82, 2.24) is 15.3 Å². The van der Waals surface area contributed by atoms with Crippen molar-refractivity contribution in [2.45, 2.75) is 6.54 Å². The van der Waals surface area contributed by atoms with E-state index in [4.69, 9.17) is 4.98 Å². The minimum Gasteiger partial charge on any atom is -0.353 e. The molecule has 3 rings (SSSR count). The van der Waals surface area contributed by atoms with Crippen LogP contribution in [0.25, 0.3) is 0 Å². The highest BCUT2D eigenvalue weighted by Crippen LogP contribution is 2.17. The molecule has 1 N–H and O–H groups in total. The molecule has 2 aromatic heterocycles. The van der Waals surface area contributed by atoms with Crippen LogP contribution < -0.4 is 15.1 Å². The van der Waals surface area contributed by atoms with Gasteiger partial charge in [-0.2, -0.15) is 0 Å². The van der Waals surface area contributed by atoms with E-state index in [0.717, 1.165) is 50.1 Å². The topological polar surface area (TPSA) is 44.3 Å². The molecule has 0 aromatic carbocycles. The average molecular weight is 283 g/mol. The van der Waals surface area contributed by atoms with Crippen molar-refractivity contribution < 1.29 is 0 Å². The van der Waals surface area contributed by atoms with Crippen LogP contribution >= 0.6 is 0 Å². The first-order chi connectivity index (χ1) is 10.4. The van der Waals surface area contributed by atoms with Gasteiger partial charge in [0.15, 0.2) is 0 Å². The lowest BCUT2D eigenvalue weighted by molar-refractivity contribution is 0.639. The maximum atomic E-state index is 4.71. The Labute approximate surface area is 125 Å². The molecule has 2 aromatic rings. The first-order valence-electron chi connectivity index (χ1n) is 7.38. The maximum Gasteiger partial charge on any atom is 0.128 e. The molecular formula is C16H21N5. The third-order valence-electron chi connectivity index (χ3n) is 3.73. The molecule has 0 amide bonds. The van der Waals surface area contributed by atoms with Crippen LogP contribution in [0.2, 0.25) is 0 Å². The van der Waals surface area contributed by atoms with E-state index in [2.05, 4.69) is 44.4 Å². The van der Waals surface area contributed by atoms with Crippen molar-refractivity contribution in [1.29, 1.82) is 0 Å². The summed E-state index contributed by atoms with van der Waals surface area (Å²) in [5.41, 5.74) is 1.09. The van der Waals surface area contributed by atoms with Gasteiger partial charge < -0.3 is 15.1 Å². The zero-order chi connectivity index (χ0) is 14.5. The van der Waals surface area contributed by atoms with E-state index in [-0.39, 0.29) is 0 Å². The minimum absolute atomic E-state index is 0.807. The molecule has 3 heterocycles. The van der Waals surface area contributed by atoms with Crippen LogP contribution in [0.1, 0.15) is 5.69 Å². The summed E-state index contributed by atoms with van der Waals surface area (Å²) in [5, 5.41) is 3.15. The smallest absolute Gasteiger partial charge is 0.128 e. The Morgan fingerprint density at radius 3 is 2.33 bits per heavy atom. The van der Waals surface area contributed by atoms with Gasteiger partial charge in [0.1, 0.15) is 11.6 Å². The van der Waals surface area contributed by atoms with E-state index in [1.54, 1.807) is 0 Å². The predicted octanol–water partition coefficient (Wildman–Crippen LogP) is 1.52. The van der Waals surface area contributed by atoms with E-state index < -0.39 is 0 Å². The normalized spacial score (nSPS) is 15.3.